The van der Waals surface area contributed by atoms with Crippen LogP contribution >= 0.6 is 0 Å². The van der Waals surface area contributed by atoms with E-state index in [-0.39, 0.29) is 11.7 Å². The fourth-order valence-corrected chi connectivity index (χ4v) is 6.77. The molecule has 0 amide bonds. The molecule has 0 aliphatic carbocycles. The molecule has 9 nitrogen and oxygen atoms in total. The standard InChI is InChI=1S/C31H35F3N8O/c1-3-19-12-21-26(27(43-18-31(32,33)34)25(19)23-13-35-15-24-22(23)14-37-40-24)38-28(20-4-8-41(2)9-5-20)39-29(21)42-10-6-30(7-11-42)16-36-17-30/h3,12-15,20,36H,1,4-11,16-18H2,2H3,(H,37,40). The van der Waals surface area contributed by atoms with Gasteiger partial charge in [-0.1, -0.05) is 12.7 Å². The van der Waals surface area contributed by atoms with E-state index in [9.17, 15) is 13.2 Å². The van der Waals surface area contributed by atoms with Crippen LogP contribution in [0.2, 0.25) is 0 Å². The van der Waals surface area contributed by atoms with Gasteiger partial charge < -0.3 is 19.9 Å². The van der Waals surface area contributed by atoms with Gasteiger partial charge in [0.15, 0.2) is 12.4 Å². The van der Waals surface area contributed by atoms with Crippen LogP contribution in [0.5, 0.6) is 5.75 Å². The maximum Gasteiger partial charge on any atom is 0.422 e. The van der Waals surface area contributed by atoms with Crippen molar-refractivity contribution in [2.45, 2.75) is 37.8 Å². The van der Waals surface area contributed by atoms with E-state index in [0.29, 0.717) is 44.3 Å². The maximum atomic E-state index is 13.7. The molecule has 1 spiro atoms. The van der Waals surface area contributed by atoms with Gasteiger partial charge in [-0.05, 0) is 62.9 Å². The maximum absolute atomic E-state index is 13.7. The summed E-state index contributed by atoms with van der Waals surface area (Å²) < 4.78 is 46.9. The van der Waals surface area contributed by atoms with Crippen LogP contribution in [0.4, 0.5) is 19.0 Å². The van der Waals surface area contributed by atoms with Gasteiger partial charge in [-0.25, -0.2) is 9.97 Å². The molecule has 3 saturated heterocycles. The molecule has 3 fully saturated rings. The first-order valence-electron chi connectivity index (χ1n) is 14.9. The second-order valence-corrected chi connectivity index (χ2v) is 12.3. The van der Waals surface area contributed by atoms with Crippen LogP contribution in [0, 0.1) is 5.41 Å². The summed E-state index contributed by atoms with van der Waals surface area (Å²) in [5.74, 6) is 1.58. The molecule has 12 heteroatoms. The van der Waals surface area contributed by atoms with Crippen molar-refractivity contribution < 1.29 is 17.9 Å². The number of halogens is 3. The molecule has 0 bridgehead atoms. The first kappa shape index (κ1) is 28.0. The molecule has 226 valence electrons. The van der Waals surface area contributed by atoms with E-state index < -0.39 is 12.8 Å². The Bertz CT molecular complexity index is 1660. The number of aromatic nitrogens is 5. The summed E-state index contributed by atoms with van der Waals surface area (Å²) in [4.78, 5) is 19.1. The third-order valence-corrected chi connectivity index (χ3v) is 9.42. The molecule has 4 aromatic rings. The van der Waals surface area contributed by atoms with Crippen LogP contribution < -0.4 is 15.0 Å². The number of H-pyrrole nitrogens is 1. The summed E-state index contributed by atoms with van der Waals surface area (Å²) in [5, 5.41) is 11.9. The van der Waals surface area contributed by atoms with Gasteiger partial charge in [0.25, 0.3) is 0 Å². The lowest BCUT2D eigenvalue weighted by Gasteiger charge is -2.48. The van der Waals surface area contributed by atoms with Crippen LogP contribution in [-0.4, -0.2) is 89.1 Å². The number of likely N-dealkylation sites (tertiary alicyclic amines) is 1. The Kier molecular flexibility index (Phi) is 7.00. The first-order chi connectivity index (χ1) is 20.7. The summed E-state index contributed by atoms with van der Waals surface area (Å²) >= 11 is 0. The molecule has 1 aromatic carbocycles. The highest BCUT2D eigenvalue weighted by Crippen LogP contribution is 2.46. The molecule has 6 heterocycles. The highest BCUT2D eigenvalue weighted by atomic mass is 19.4. The van der Waals surface area contributed by atoms with Gasteiger partial charge in [-0.3, -0.25) is 10.1 Å². The van der Waals surface area contributed by atoms with Gasteiger partial charge in [0.1, 0.15) is 17.2 Å². The smallest absolute Gasteiger partial charge is 0.422 e. The molecule has 2 N–H and O–H groups in total. The molecule has 43 heavy (non-hydrogen) atoms. The molecule has 3 aliphatic heterocycles. The number of ether oxygens (including phenoxy) is 1. The summed E-state index contributed by atoms with van der Waals surface area (Å²) in [6.07, 6.45) is 5.84. The van der Waals surface area contributed by atoms with Gasteiger partial charge in [-0.15, -0.1) is 0 Å². The fraction of sp³-hybridized carbons (Fsp3) is 0.484. The zero-order valence-corrected chi connectivity index (χ0v) is 24.2. The Balaban J connectivity index is 1.46. The number of hydrogen-bond acceptors (Lipinski definition) is 8. The van der Waals surface area contributed by atoms with Crippen molar-refractivity contribution in [1.82, 2.24) is 35.4 Å². The average Bonchev–Trinajstić information content (AvgIpc) is 3.47. The van der Waals surface area contributed by atoms with E-state index in [4.69, 9.17) is 14.7 Å². The lowest BCUT2D eigenvalue weighted by molar-refractivity contribution is -0.153. The third-order valence-electron chi connectivity index (χ3n) is 9.42. The predicted molar refractivity (Wildman–Crippen MR) is 160 cm³/mol. The fourth-order valence-electron chi connectivity index (χ4n) is 6.77. The normalized spacial score (nSPS) is 19.7. The second kappa shape index (κ2) is 10.7. The molecule has 0 unspecified atom stereocenters. The molecule has 3 aliphatic rings. The summed E-state index contributed by atoms with van der Waals surface area (Å²) in [6.45, 7) is 8.10. The Hall–Kier alpha value is -3.77. The minimum atomic E-state index is -4.54. The van der Waals surface area contributed by atoms with Crippen LogP contribution in [0.3, 0.4) is 0 Å². The number of pyridine rings is 1. The summed E-state index contributed by atoms with van der Waals surface area (Å²) in [7, 11) is 2.10. The number of piperidine rings is 2. The van der Waals surface area contributed by atoms with Crippen molar-refractivity contribution in [1.29, 1.82) is 0 Å². The zero-order valence-electron chi connectivity index (χ0n) is 24.2. The average molecular weight is 593 g/mol. The second-order valence-electron chi connectivity index (χ2n) is 12.3. The number of rotatable bonds is 6. The minimum absolute atomic E-state index is 0.0646. The van der Waals surface area contributed by atoms with Gasteiger partial charge in [0.2, 0.25) is 0 Å². The van der Waals surface area contributed by atoms with Crippen LogP contribution in [0.25, 0.3) is 39.0 Å². The van der Waals surface area contributed by atoms with Crippen molar-refractivity contribution in [3.8, 4) is 16.9 Å². The number of fused-ring (bicyclic) bond motifs is 2. The molecule has 7 rings (SSSR count). The quantitative estimate of drug-likeness (QED) is 0.318. The Morgan fingerprint density at radius 2 is 1.84 bits per heavy atom. The number of hydrogen-bond donors (Lipinski definition) is 2. The number of benzene rings is 1. The Morgan fingerprint density at radius 1 is 1.07 bits per heavy atom. The largest absolute Gasteiger partial charge is 0.481 e. The van der Waals surface area contributed by atoms with E-state index in [0.717, 1.165) is 76.2 Å². The highest BCUT2D eigenvalue weighted by Gasteiger charge is 2.40. The molecule has 3 aromatic heterocycles. The van der Waals surface area contributed by atoms with Gasteiger partial charge >= 0.3 is 6.18 Å². The number of aromatic amines is 1. The third kappa shape index (κ3) is 5.20. The van der Waals surface area contributed by atoms with E-state index in [1.807, 2.05) is 6.07 Å². The van der Waals surface area contributed by atoms with Gasteiger partial charge in [0.05, 0.1) is 17.9 Å². The van der Waals surface area contributed by atoms with Gasteiger partial charge in [0, 0.05) is 60.2 Å². The zero-order chi connectivity index (χ0) is 29.8. The van der Waals surface area contributed by atoms with Crippen LogP contribution in [0.1, 0.15) is 43.0 Å². The molecule has 0 saturated carbocycles. The summed E-state index contributed by atoms with van der Waals surface area (Å²) in [6, 6.07) is 1.94. The van der Waals surface area contributed by atoms with E-state index in [1.54, 1.807) is 24.7 Å². The van der Waals surface area contributed by atoms with Crippen LogP contribution in [-0.2, 0) is 0 Å². The number of anilines is 1. The predicted octanol–water partition coefficient (Wildman–Crippen LogP) is 5.15. The van der Waals surface area contributed by atoms with Crippen molar-refractivity contribution in [3.05, 3.63) is 42.6 Å². The minimum Gasteiger partial charge on any atom is -0.481 e. The molecule has 0 radical (unpaired) electrons. The Labute approximate surface area is 247 Å². The van der Waals surface area contributed by atoms with E-state index in [2.05, 4.69) is 43.9 Å². The SMILES string of the molecule is C=Cc1cc2c(N3CCC4(CC3)CNC4)nc(C3CCN(C)CC3)nc2c(OCC(F)(F)F)c1-c1cncc2[nH]ncc12. The topological polar surface area (TPSA) is 95.1 Å². The first-order valence-corrected chi connectivity index (χ1v) is 14.9. The van der Waals surface area contributed by atoms with Crippen molar-refractivity contribution in [3.63, 3.8) is 0 Å². The van der Waals surface area contributed by atoms with Gasteiger partial charge in [-0.2, -0.15) is 18.3 Å². The lowest BCUT2D eigenvalue weighted by atomic mass is 9.73. The summed E-state index contributed by atoms with van der Waals surface area (Å²) in [5.41, 5.74) is 3.05. The van der Waals surface area contributed by atoms with E-state index in [1.165, 1.54) is 0 Å². The monoisotopic (exact) mass is 592 g/mol. The van der Waals surface area contributed by atoms with E-state index >= 15 is 0 Å². The lowest BCUT2D eigenvalue weighted by Crippen LogP contribution is -2.58. The molecular weight excluding hydrogens is 557 g/mol. The number of alkyl halides is 3. The van der Waals surface area contributed by atoms with Crippen molar-refractivity contribution in [2.24, 2.45) is 5.41 Å². The van der Waals surface area contributed by atoms with Crippen molar-refractivity contribution in [2.75, 3.05) is 57.8 Å². The Morgan fingerprint density at radius 3 is 2.51 bits per heavy atom. The number of nitrogens with zero attached hydrogens (tertiary/aromatic N) is 6. The highest BCUT2D eigenvalue weighted by molar-refractivity contribution is 6.06. The number of nitrogens with one attached hydrogen (secondary N) is 2. The van der Waals surface area contributed by atoms with Crippen LogP contribution in [0.15, 0.2) is 31.2 Å². The molecule has 0 atom stereocenters. The molecular formula is C31H35F3N8O. The van der Waals surface area contributed by atoms with Crippen molar-refractivity contribution >= 4 is 33.7 Å².